The lowest BCUT2D eigenvalue weighted by atomic mass is 10.00. The molecular weight excluding hydrogens is 396 g/mol. The second-order valence-corrected chi connectivity index (χ2v) is 7.25. The fourth-order valence-corrected chi connectivity index (χ4v) is 3.71. The van der Waals surface area contributed by atoms with Crippen LogP contribution in [0.1, 0.15) is 12.6 Å². The summed E-state index contributed by atoms with van der Waals surface area (Å²) in [5, 5.41) is 5.85. The summed E-state index contributed by atoms with van der Waals surface area (Å²) in [6, 6.07) is 15.6. The van der Waals surface area contributed by atoms with Crippen LogP contribution in [-0.2, 0) is 20.7 Å². The molecule has 1 heterocycles. The third kappa shape index (κ3) is 5.18. The largest absolute Gasteiger partial charge is 0.465 e. The van der Waals surface area contributed by atoms with E-state index in [4.69, 9.17) is 16.3 Å². The van der Waals surface area contributed by atoms with Crippen LogP contribution in [0.5, 0.6) is 0 Å². The van der Waals surface area contributed by atoms with E-state index in [1.807, 2.05) is 53.9 Å². The number of aromatic nitrogens is 1. The summed E-state index contributed by atoms with van der Waals surface area (Å²) in [5.74, 6) is -0.729. The lowest BCUT2D eigenvalue weighted by molar-refractivity contribution is -0.143. The molecule has 0 spiro atoms. The van der Waals surface area contributed by atoms with Gasteiger partial charge in [-0.05, 0) is 36.2 Å². The van der Waals surface area contributed by atoms with Crippen LogP contribution in [0.15, 0.2) is 53.9 Å². The van der Waals surface area contributed by atoms with E-state index in [-0.39, 0.29) is 25.5 Å². The first kappa shape index (κ1) is 20.0. The summed E-state index contributed by atoms with van der Waals surface area (Å²) >= 11 is 7.67. The average molecular weight is 415 g/mol. The van der Waals surface area contributed by atoms with E-state index in [2.05, 4.69) is 10.3 Å². The van der Waals surface area contributed by atoms with Crippen molar-refractivity contribution in [3.8, 4) is 21.7 Å². The van der Waals surface area contributed by atoms with Crippen LogP contribution in [0.2, 0.25) is 5.02 Å². The van der Waals surface area contributed by atoms with Crippen LogP contribution in [0, 0.1) is 0 Å². The van der Waals surface area contributed by atoms with Crippen molar-refractivity contribution in [3.63, 3.8) is 0 Å². The number of benzene rings is 2. The first-order valence-electron chi connectivity index (χ1n) is 8.79. The number of rotatable bonds is 7. The van der Waals surface area contributed by atoms with Gasteiger partial charge >= 0.3 is 5.97 Å². The van der Waals surface area contributed by atoms with Crippen molar-refractivity contribution in [2.24, 2.45) is 0 Å². The number of hydrogen-bond acceptors (Lipinski definition) is 5. The maximum atomic E-state index is 12.0. The first-order chi connectivity index (χ1) is 13.6. The van der Waals surface area contributed by atoms with E-state index in [1.54, 1.807) is 6.92 Å². The maximum Gasteiger partial charge on any atom is 0.325 e. The summed E-state index contributed by atoms with van der Waals surface area (Å²) in [7, 11) is 0. The zero-order valence-electron chi connectivity index (χ0n) is 15.3. The monoisotopic (exact) mass is 414 g/mol. The Kier molecular flexibility index (Phi) is 6.79. The van der Waals surface area contributed by atoms with Gasteiger partial charge in [0.2, 0.25) is 5.91 Å². The van der Waals surface area contributed by atoms with E-state index in [0.29, 0.717) is 10.7 Å². The lowest BCUT2D eigenvalue weighted by Gasteiger charge is -2.08. The van der Waals surface area contributed by atoms with Crippen molar-refractivity contribution in [1.82, 2.24) is 10.3 Å². The van der Waals surface area contributed by atoms with Gasteiger partial charge in [-0.2, -0.15) is 0 Å². The third-order valence-electron chi connectivity index (χ3n) is 3.93. The van der Waals surface area contributed by atoms with E-state index in [9.17, 15) is 9.59 Å². The van der Waals surface area contributed by atoms with Crippen molar-refractivity contribution in [2.75, 3.05) is 13.2 Å². The predicted octanol–water partition coefficient (Wildman–Crippen LogP) is 4.35. The first-order valence-corrected chi connectivity index (χ1v) is 10.0. The highest BCUT2D eigenvalue weighted by Crippen LogP contribution is 2.35. The number of carbonyl (C=O) groups is 2. The number of thiazole rings is 1. The number of halogens is 1. The number of amides is 1. The fourth-order valence-electron chi connectivity index (χ4n) is 2.68. The topological polar surface area (TPSA) is 68.3 Å². The average Bonchev–Trinajstić information content (AvgIpc) is 3.15. The zero-order chi connectivity index (χ0) is 19.9. The number of esters is 1. The molecule has 0 aliphatic rings. The van der Waals surface area contributed by atoms with Gasteiger partial charge in [0.1, 0.15) is 11.6 Å². The molecule has 7 heteroatoms. The Bertz CT molecular complexity index is 973. The lowest BCUT2D eigenvalue weighted by Crippen LogP contribution is -2.31. The molecule has 0 saturated carbocycles. The molecule has 3 aromatic rings. The molecule has 0 radical (unpaired) electrons. The smallest absolute Gasteiger partial charge is 0.325 e. The minimum atomic E-state index is -0.455. The minimum absolute atomic E-state index is 0.101. The van der Waals surface area contributed by atoms with Gasteiger partial charge in [0.25, 0.3) is 0 Å². The number of hydrogen-bond donors (Lipinski definition) is 1. The Morgan fingerprint density at radius 2 is 1.93 bits per heavy atom. The number of ether oxygens (including phenoxy) is 1. The molecule has 1 N–H and O–H groups in total. The molecule has 1 amide bonds. The minimum Gasteiger partial charge on any atom is -0.465 e. The molecule has 144 valence electrons. The van der Waals surface area contributed by atoms with Crippen molar-refractivity contribution in [3.05, 3.63) is 64.6 Å². The van der Waals surface area contributed by atoms with Crippen LogP contribution in [-0.4, -0.2) is 30.0 Å². The number of nitrogens with one attached hydrogen (secondary N) is 1. The van der Waals surface area contributed by atoms with E-state index < -0.39 is 5.97 Å². The molecule has 1 aromatic heterocycles. The van der Waals surface area contributed by atoms with Crippen molar-refractivity contribution >= 4 is 34.8 Å². The molecule has 0 atom stereocenters. The number of carbonyl (C=O) groups excluding carboxylic acids is 2. The van der Waals surface area contributed by atoms with Gasteiger partial charge in [0, 0.05) is 16.0 Å². The Morgan fingerprint density at radius 1 is 1.14 bits per heavy atom. The Hall–Kier alpha value is -2.70. The Morgan fingerprint density at radius 3 is 2.68 bits per heavy atom. The van der Waals surface area contributed by atoms with Gasteiger partial charge in [0.05, 0.1) is 18.7 Å². The van der Waals surface area contributed by atoms with Gasteiger partial charge in [0.15, 0.2) is 0 Å². The maximum absolute atomic E-state index is 12.0. The van der Waals surface area contributed by atoms with Crippen LogP contribution >= 0.6 is 22.9 Å². The summed E-state index contributed by atoms with van der Waals surface area (Å²) < 4.78 is 4.79. The van der Waals surface area contributed by atoms with Gasteiger partial charge < -0.3 is 10.1 Å². The van der Waals surface area contributed by atoms with Crippen molar-refractivity contribution in [1.29, 1.82) is 0 Å². The normalized spacial score (nSPS) is 10.5. The third-order valence-corrected chi connectivity index (χ3v) is 5.08. The van der Waals surface area contributed by atoms with Gasteiger partial charge in [-0.3, -0.25) is 9.59 Å². The molecule has 0 saturated heterocycles. The standard InChI is InChI=1S/C21H19ClN2O3S/c1-2-27-20(26)12-23-19(25)11-16-13-28-21(24-16)17-9-8-15(22)10-18(17)14-6-4-3-5-7-14/h3-10,13H,2,11-12H2,1H3,(H,23,25). The van der Waals surface area contributed by atoms with E-state index >= 15 is 0 Å². The molecule has 28 heavy (non-hydrogen) atoms. The van der Waals surface area contributed by atoms with Crippen LogP contribution in [0.3, 0.4) is 0 Å². The van der Waals surface area contributed by atoms with Crippen molar-refractivity contribution in [2.45, 2.75) is 13.3 Å². The summed E-state index contributed by atoms with van der Waals surface area (Å²) in [6.07, 6.45) is 0.101. The van der Waals surface area contributed by atoms with Gasteiger partial charge in [-0.15, -0.1) is 11.3 Å². The molecule has 0 fully saturated rings. The fraction of sp³-hybridized carbons (Fsp3) is 0.190. The van der Waals surface area contributed by atoms with Gasteiger partial charge in [-0.1, -0.05) is 41.9 Å². The Labute approximate surface area is 172 Å². The SMILES string of the molecule is CCOC(=O)CNC(=O)Cc1csc(-c2ccc(Cl)cc2-c2ccccc2)n1. The van der Waals surface area contributed by atoms with Crippen molar-refractivity contribution < 1.29 is 14.3 Å². The molecule has 0 aliphatic heterocycles. The number of nitrogens with zero attached hydrogens (tertiary/aromatic N) is 1. The Balaban J connectivity index is 1.76. The highest BCUT2D eigenvalue weighted by atomic mass is 35.5. The highest BCUT2D eigenvalue weighted by molar-refractivity contribution is 7.13. The summed E-state index contributed by atoms with van der Waals surface area (Å²) in [5.41, 5.74) is 3.64. The highest BCUT2D eigenvalue weighted by Gasteiger charge is 2.14. The quantitative estimate of drug-likeness (QED) is 0.583. The van der Waals surface area contributed by atoms with Crippen LogP contribution in [0.25, 0.3) is 21.7 Å². The molecule has 0 bridgehead atoms. The zero-order valence-corrected chi connectivity index (χ0v) is 16.8. The summed E-state index contributed by atoms with van der Waals surface area (Å²) in [4.78, 5) is 28.0. The van der Waals surface area contributed by atoms with Crippen LogP contribution < -0.4 is 5.32 Å². The molecular formula is C21H19ClN2O3S. The molecule has 2 aromatic carbocycles. The van der Waals surface area contributed by atoms with E-state index in [0.717, 1.165) is 21.7 Å². The molecule has 3 rings (SSSR count). The second-order valence-electron chi connectivity index (χ2n) is 5.96. The van der Waals surface area contributed by atoms with E-state index in [1.165, 1.54) is 11.3 Å². The molecule has 0 unspecified atom stereocenters. The van der Waals surface area contributed by atoms with Crippen LogP contribution in [0.4, 0.5) is 0 Å². The predicted molar refractivity (Wildman–Crippen MR) is 111 cm³/mol. The summed E-state index contributed by atoms with van der Waals surface area (Å²) in [6.45, 7) is 1.87. The molecule has 0 aliphatic carbocycles. The second kappa shape index (κ2) is 9.48. The van der Waals surface area contributed by atoms with Gasteiger partial charge in [-0.25, -0.2) is 4.98 Å². The molecule has 5 nitrogen and oxygen atoms in total.